The second-order valence-corrected chi connectivity index (χ2v) is 5.13. The number of H-pyrrole nitrogens is 1. The Bertz CT molecular complexity index is 680. The van der Waals surface area contributed by atoms with Crippen molar-refractivity contribution in [1.82, 2.24) is 10.3 Å². The fraction of sp³-hybridized carbons (Fsp3) is 0.294. The standard InChI is InChI=1S/C17H20N2O3/c1-2-6-13(20)11-18-16(21)14-9-10-15(19-17(14)22)12-7-4-3-5-8-12/h3-5,7-10,13,20H,2,6,11H2,1H3,(H,18,21)(H,19,22). The number of aromatic amines is 1. The smallest absolute Gasteiger partial charge is 0.261 e. The number of aliphatic hydroxyl groups is 1. The van der Waals surface area contributed by atoms with E-state index in [0.29, 0.717) is 12.1 Å². The number of aromatic nitrogens is 1. The largest absolute Gasteiger partial charge is 0.391 e. The third kappa shape index (κ3) is 4.05. The predicted octanol–water partition coefficient (Wildman–Crippen LogP) is 1.93. The van der Waals surface area contributed by atoms with Crippen molar-refractivity contribution in [2.45, 2.75) is 25.9 Å². The van der Waals surface area contributed by atoms with E-state index in [9.17, 15) is 14.7 Å². The molecule has 0 spiro atoms. The van der Waals surface area contributed by atoms with E-state index in [2.05, 4.69) is 10.3 Å². The lowest BCUT2D eigenvalue weighted by Gasteiger charge is -2.10. The zero-order valence-corrected chi connectivity index (χ0v) is 12.5. The predicted molar refractivity (Wildman–Crippen MR) is 85.7 cm³/mol. The molecule has 5 nitrogen and oxygen atoms in total. The molecule has 0 saturated carbocycles. The Morgan fingerprint density at radius 3 is 2.59 bits per heavy atom. The van der Waals surface area contributed by atoms with Gasteiger partial charge in [-0.15, -0.1) is 0 Å². The van der Waals surface area contributed by atoms with Crippen molar-refractivity contribution in [1.29, 1.82) is 0 Å². The van der Waals surface area contributed by atoms with E-state index in [1.807, 2.05) is 37.3 Å². The van der Waals surface area contributed by atoms with Gasteiger partial charge in [-0.2, -0.15) is 0 Å². The van der Waals surface area contributed by atoms with Crippen LogP contribution in [0.3, 0.4) is 0 Å². The maximum atomic E-state index is 12.0. The molecule has 0 aliphatic carbocycles. The minimum Gasteiger partial charge on any atom is -0.391 e. The molecular formula is C17H20N2O3. The summed E-state index contributed by atoms with van der Waals surface area (Å²) in [5.41, 5.74) is 1.14. The van der Waals surface area contributed by atoms with Crippen LogP contribution in [0.1, 0.15) is 30.1 Å². The van der Waals surface area contributed by atoms with Crippen molar-refractivity contribution < 1.29 is 9.90 Å². The van der Waals surface area contributed by atoms with Gasteiger partial charge in [0.15, 0.2) is 0 Å². The molecule has 5 heteroatoms. The Hall–Kier alpha value is -2.40. The molecule has 0 fully saturated rings. The molecule has 22 heavy (non-hydrogen) atoms. The van der Waals surface area contributed by atoms with Gasteiger partial charge >= 0.3 is 0 Å². The number of nitrogens with one attached hydrogen (secondary N) is 2. The molecule has 0 saturated heterocycles. The van der Waals surface area contributed by atoms with Gasteiger partial charge < -0.3 is 15.4 Å². The Morgan fingerprint density at radius 2 is 1.95 bits per heavy atom. The van der Waals surface area contributed by atoms with Gasteiger partial charge in [-0.25, -0.2) is 0 Å². The summed E-state index contributed by atoms with van der Waals surface area (Å²) in [5, 5.41) is 12.2. The van der Waals surface area contributed by atoms with Gasteiger partial charge in [0.1, 0.15) is 5.56 Å². The van der Waals surface area contributed by atoms with Gasteiger partial charge in [-0.3, -0.25) is 9.59 Å². The second kappa shape index (κ2) is 7.56. The summed E-state index contributed by atoms with van der Waals surface area (Å²) >= 11 is 0. The lowest BCUT2D eigenvalue weighted by Crippen LogP contribution is -2.35. The molecule has 2 aromatic rings. The summed E-state index contributed by atoms with van der Waals surface area (Å²) < 4.78 is 0. The Morgan fingerprint density at radius 1 is 1.23 bits per heavy atom. The number of rotatable bonds is 6. The van der Waals surface area contributed by atoms with Crippen LogP contribution in [0.2, 0.25) is 0 Å². The molecule has 1 aromatic carbocycles. The Labute approximate surface area is 129 Å². The van der Waals surface area contributed by atoms with Crippen LogP contribution in [-0.2, 0) is 0 Å². The van der Waals surface area contributed by atoms with Gasteiger partial charge in [0.2, 0.25) is 0 Å². The van der Waals surface area contributed by atoms with Crippen LogP contribution < -0.4 is 10.9 Å². The van der Waals surface area contributed by atoms with Crippen molar-refractivity contribution in [3.05, 3.63) is 58.4 Å². The number of pyridine rings is 1. The molecule has 0 aliphatic heterocycles. The quantitative estimate of drug-likeness (QED) is 0.762. The molecule has 2 rings (SSSR count). The fourth-order valence-electron chi connectivity index (χ4n) is 2.18. The van der Waals surface area contributed by atoms with Crippen molar-refractivity contribution in [2.75, 3.05) is 6.54 Å². The molecule has 0 radical (unpaired) electrons. The number of aliphatic hydroxyl groups excluding tert-OH is 1. The average Bonchev–Trinajstić information content (AvgIpc) is 2.53. The maximum Gasteiger partial charge on any atom is 0.261 e. The van der Waals surface area contributed by atoms with E-state index in [4.69, 9.17) is 0 Å². The number of hydrogen-bond donors (Lipinski definition) is 3. The van der Waals surface area contributed by atoms with Gasteiger partial charge in [0.05, 0.1) is 6.10 Å². The van der Waals surface area contributed by atoms with Crippen LogP contribution >= 0.6 is 0 Å². The van der Waals surface area contributed by atoms with Gasteiger partial charge in [-0.1, -0.05) is 43.7 Å². The van der Waals surface area contributed by atoms with Crippen LogP contribution in [-0.4, -0.2) is 28.6 Å². The molecular weight excluding hydrogens is 280 g/mol. The van der Waals surface area contributed by atoms with E-state index in [0.717, 1.165) is 12.0 Å². The first kappa shape index (κ1) is 16.0. The highest BCUT2D eigenvalue weighted by molar-refractivity contribution is 5.94. The average molecular weight is 300 g/mol. The van der Waals surface area contributed by atoms with Crippen molar-refractivity contribution in [3.63, 3.8) is 0 Å². The van der Waals surface area contributed by atoms with Crippen molar-refractivity contribution in [2.24, 2.45) is 0 Å². The summed E-state index contributed by atoms with van der Waals surface area (Å²) in [5.74, 6) is -0.476. The van der Waals surface area contributed by atoms with Crippen LogP contribution in [0.5, 0.6) is 0 Å². The number of amides is 1. The summed E-state index contributed by atoms with van der Waals surface area (Å²) in [6, 6.07) is 12.6. The lowest BCUT2D eigenvalue weighted by molar-refractivity contribution is 0.0908. The number of hydrogen-bond acceptors (Lipinski definition) is 3. The van der Waals surface area contributed by atoms with Gasteiger partial charge in [0, 0.05) is 12.2 Å². The lowest BCUT2D eigenvalue weighted by atomic mass is 10.1. The zero-order chi connectivity index (χ0) is 15.9. The molecule has 1 amide bonds. The summed E-state index contributed by atoms with van der Waals surface area (Å²) in [7, 11) is 0. The number of carbonyl (C=O) groups excluding carboxylic acids is 1. The fourth-order valence-corrected chi connectivity index (χ4v) is 2.18. The van der Waals surface area contributed by atoms with E-state index in [-0.39, 0.29) is 12.1 Å². The van der Waals surface area contributed by atoms with E-state index < -0.39 is 17.6 Å². The molecule has 1 atom stereocenters. The SMILES string of the molecule is CCCC(O)CNC(=O)c1ccc(-c2ccccc2)[nH]c1=O. The van der Waals surface area contributed by atoms with E-state index >= 15 is 0 Å². The zero-order valence-electron chi connectivity index (χ0n) is 12.5. The normalized spacial score (nSPS) is 11.9. The highest BCUT2D eigenvalue weighted by Crippen LogP contribution is 2.14. The van der Waals surface area contributed by atoms with E-state index in [1.54, 1.807) is 6.07 Å². The monoisotopic (exact) mass is 300 g/mol. The van der Waals surface area contributed by atoms with Crippen LogP contribution in [0.15, 0.2) is 47.3 Å². The van der Waals surface area contributed by atoms with Gasteiger partial charge in [-0.05, 0) is 24.1 Å². The van der Waals surface area contributed by atoms with Gasteiger partial charge in [0.25, 0.3) is 11.5 Å². The molecule has 1 heterocycles. The highest BCUT2D eigenvalue weighted by Gasteiger charge is 2.12. The molecule has 116 valence electrons. The summed E-state index contributed by atoms with van der Waals surface area (Å²) in [6.07, 6.45) is 0.865. The number of carbonyl (C=O) groups is 1. The van der Waals surface area contributed by atoms with E-state index in [1.165, 1.54) is 6.07 Å². The van der Waals surface area contributed by atoms with Crippen LogP contribution in [0, 0.1) is 0 Å². The Balaban J connectivity index is 2.10. The van der Waals surface area contributed by atoms with Crippen LogP contribution in [0.25, 0.3) is 11.3 Å². The first-order valence-corrected chi connectivity index (χ1v) is 7.36. The minimum atomic E-state index is -0.586. The number of benzene rings is 1. The summed E-state index contributed by atoms with van der Waals surface area (Å²) in [6.45, 7) is 2.10. The third-order valence-corrected chi connectivity index (χ3v) is 3.36. The van der Waals surface area contributed by atoms with Crippen molar-refractivity contribution >= 4 is 5.91 Å². The minimum absolute atomic E-state index is 0.0448. The highest BCUT2D eigenvalue weighted by atomic mass is 16.3. The third-order valence-electron chi connectivity index (χ3n) is 3.36. The van der Waals surface area contributed by atoms with Crippen LogP contribution in [0.4, 0.5) is 0 Å². The molecule has 3 N–H and O–H groups in total. The summed E-state index contributed by atoms with van der Waals surface area (Å²) in [4.78, 5) is 26.7. The molecule has 1 unspecified atom stereocenters. The second-order valence-electron chi connectivity index (χ2n) is 5.13. The first-order valence-electron chi connectivity index (χ1n) is 7.36. The van der Waals surface area contributed by atoms with Crippen molar-refractivity contribution in [3.8, 4) is 11.3 Å². The topological polar surface area (TPSA) is 82.2 Å². The maximum absolute atomic E-state index is 12.0. The molecule has 0 bridgehead atoms. The first-order chi connectivity index (χ1) is 10.6. The molecule has 1 aromatic heterocycles. The molecule has 0 aliphatic rings. The Kier molecular flexibility index (Phi) is 5.49.